The molecular weight excluding hydrogens is 335 g/mol. The van der Waals surface area contributed by atoms with E-state index < -0.39 is 6.04 Å². The van der Waals surface area contributed by atoms with Gasteiger partial charge in [0.2, 0.25) is 5.91 Å². The minimum atomic E-state index is -0.433. The highest BCUT2D eigenvalue weighted by molar-refractivity contribution is 5.82. The fourth-order valence-corrected chi connectivity index (χ4v) is 3.35. The molecule has 7 nitrogen and oxygen atoms in total. The van der Waals surface area contributed by atoms with Crippen LogP contribution in [0.2, 0.25) is 0 Å². The third-order valence-electron chi connectivity index (χ3n) is 4.89. The van der Waals surface area contributed by atoms with E-state index in [-0.39, 0.29) is 11.7 Å². The number of amides is 1. The number of carbonyl (C=O) groups excluding carboxylic acids is 1. The van der Waals surface area contributed by atoms with Gasteiger partial charge in [0.15, 0.2) is 11.6 Å². The molecular formula is C18H19FN6O. The molecule has 0 aliphatic carbocycles. The van der Waals surface area contributed by atoms with Crippen molar-refractivity contribution in [1.29, 1.82) is 0 Å². The minimum absolute atomic E-state index is 0.0376. The van der Waals surface area contributed by atoms with Crippen molar-refractivity contribution in [1.82, 2.24) is 29.4 Å². The summed E-state index contributed by atoms with van der Waals surface area (Å²) in [6.45, 7) is 4.47. The van der Waals surface area contributed by atoms with Crippen molar-refractivity contribution in [2.24, 2.45) is 7.05 Å². The first kappa shape index (κ1) is 16.4. The molecule has 134 valence electrons. The maximum atomic E-state index is 13.4. The first-order chi connectivity index (χ1) is 12.5. The van der Waals surface area contributed by atoms with Gasteiger partial charge < -0.3 is 4.90 Å². The molecule has 0 saturated carbocycles. The second-order valence-corrected chi connectivity index (χ2v) is 6.58. The Morgan fingerprint density at radius 1 is 1.31 bits per heavy atom. The molecule has 2 aromatic heterocycles. The molecule has 4 rings (SSSR count). The van der Waals surface area contributed by atoms with Gasteiger partial charge in [-0.05, 0) is 31.5 Å². The van der Waals surface area contributed by atoms with Crippen LogP contribution >= 0.6 is 0 Å². The number of nitrogens with zero attached hydrogens (tertiary/aromatic N) is 6. The van der Waals surface area contributed by atoms with E-state index in [1.165, 1.54) is 12.1 Å². The summed E-state index contributed by atoms with van der Waals surface area (Å²) in [5.74, 6) is 1.02. The molecule has 1 atom stereocenters. The number of hydrogen-bond donors (Lipinski definition) is 0. The van der Waals surface area contributed by atoms with Crippen molar-refractivity contribution in [2.45, 2.75) is 33.0 Å². The van der Waals surface area contributed by atoms with Crippen LogP contribution in [0.1, 0.15) is 30.0 Å². The molecule has 1 amide bonds. The van der Waals surface area contributed by atoms with Gasteiger partial charge in [0.05, 0.1) is 18.3 Å². The van der Waals surface area contributed by atoms with Crippen LogP contribution in [-0.2, 0) is 24.9 Å². The van der Waals surface area contributed by atoms with Crippen molar-refractivity contribution in [2.75, 3.05) is 0 Å². The van der Waals surface area contributed by atoms with Gasteiger partial charge in [-0.15, -0.1) is 10.2 Å². The molecule has 26 heavy (non-hydrogen) atoms. The highest BCUT2D eigenvalue weighted by atomic mass is 19.1. The number of aromatic nitrogens is 5. The van der Waals surface area contributed by atoms with Crippen LogP contribution in [0, 0.1) is 12.7 Å². The highest BCUT2D eigenvalue weighted by Crippen LogP contribution is 2.30. The van der Waals surface area contributed by atoms with Gasteiger partial charge in [0.25, 0.3) is 0 Å². The van der Waals surface area contributed by atoms with Gasteiger partial charge in [-0.2, -0.15) is 5.10 Å². The molecule has 0 bridgehead atoms. The highest BCUT2D eigenvalue weighted by Gasteiger charge is 2.34. The number of carbonyl (C=O) groups is 1. The Kier molecular flexibility index (Phi) is 3.82. The molecule has 1 aromatic carbocycles. The summed E-state index contributed by atoms with van der Waals surface area (Å²) in [6, 6.07) is 5.86. The SMILES string of the molecule is Cc1c(-c2nnc3n2[C@@H](C)C(=O)N(Cc2cccc(F)c2)C3)cnn1C. The summed E-state index contributed by atoms with van der Waals surface area (Å²) in [5, 5.41) is 12.8. The molecule has 0 unspecified atom stereocenters. The lowest BCUT2D eigenvalue weighted by molar-refractivity contribution is -0.137. The first-order valence-corrected chi connectivity index (χ1v) is 8.41. The van der Waals surface area contributed by atoms with E-state index in [9.17, 15) is 9.18 Å². The first-order valence-electron chi connectivity index (χ1n) is 8.41. The van der Waals surface area contributed by atoms with Crippen LogP contribution in [0.15, 0.2) is 30.5 Å². The molecule has 0 radical (unpaired) electrons. The number of aryl methyl sites for hydroxylation is 1. The van der Waals surface area contributed by atoms with Gasteiger partial charge >= 0.3 is 0 Å². The Morgan fingerprint density at radius 2 is 2.12 bits per heavy atom. The summed E-state index contributed by atoms with van der Waals surface area (Å²) in [5.41, 5.74) is 2.58. The maximum Gasteiger partial charge on any atom is 0.246 e. The predicted molar refractivity (Wildman–Crippen MR) is 92.3 cm³/mol. The molecule has 1 aliphatic heterocycles. The molecule has 0 N–H and O–H groups in total. The van der Waals surface area contributed by atoms with Crippen molar-refractivity contribution in [3.8, 4) is 11.4 Å². The second kappa shape index (κ2) is 6.05. The molecule has 0 spiro atoms. The van der Waals surface area contributed by atoms with Crippen molar-refractivity contribution in [3.63, 3.8) is 0 Å². The number of benzene rings is 1. The average Bonchev–Trinajstić information content (AvgIpc) is 3.16. The van der Waals surface area contributed by atoms with E-state index >= 15 is 0 Å². The smallest absolute Gasteiger partial charge is 0.246 e. The van der Waals surface area contributed by atoms with E-state index in [0.29, 0.717) is 24.7 Å². The second-order valence-electron chi connectivity index (χ2n) is 6.58. The van der Waals surface area contributed by atoms with Crippen molar-refractivity contribution < 1.29 is 9.18 Å². The lowest BCUT2D eigenvalue weighted by atomic mass is 10.1. The van der Waals surface area contributed by atoms with E-state index in [0.717, 1.165) is 16.8 Å². The van der Waals surface area contributed by atoms with E-state index in [1.54, 1.807) is 21.8 Å². The topological polar surface area (TPSA) is 68.8 Å². The lowest BCUT2D eigenvalue weighted by Gasteiger charge is -2.32. The van der Waals surface area contributed by atoms with E-state index in [4.69, 9.17) is 0 Å². The van der Waals surface area contributed by atoms with E-state index in [1.807, 2.05) is 31.5 Å². The van der Waals surface area contributed by atoms with Gasteiger partial charge in [-0.3, -0.25) is 14.0 Å². The van der Waals surface area contributed by atoms with Crippen molar-refractivity contribution in [3.05, 3.63) is 53.4 Å². The monoisotopic (exact) mass is 354 g/mol. The Bertz CT molecular complexity index is 991. The molecule has 0 fully saturated rings. The van der Waals surface area contributed by atoms with Crippen LogP contribution in [0.25, 0.3) is 11.4 Å². The minimum Gasteiger partial charge on any atom is -0.329 e. The molecule has 3 heterocycles. The lowest BCUT2D eigenvalue weighted by Crippen LogP contribution is -2.41. The van der Waals surface area contributed by atoms with Crippen LogP contribution in [-0.4, -0.2) is 35.4 Å². The van der Waals surface area contributed by atoms with Gasteiger partial charge in [-0.1, -0.05) is 12.1 Å². The summed E-state index contributed by atoms with van der Waals surface area (Å²) >= 11 is 0. The summed E-state index contributed by atoms with van der Waals surface area (Å²) in [4.78, 5) is 14.6. The zero-order valence-corrected chi connectivity index (χ0v) is 14.8. The third-order valence-corrected chi connectivity index (χ3v) is 4.89. The fraction of sp³-hybridized carbons (Fsp3) is 0.333. The van der Waals surface area contributed by atoms with Gasteiger partial charge in [-0.25, -0.2) is 4.39 Å². The summed E-state index contributed by atoms with van der Waals surface area (Å²) < 4.78 is 17.1. The fourth-order valence-electron chi connectivity index (χ4n) is 3.35. The van der Waals surface area contributed by atoms with Crippen LogP contribution in [0.4, 0.5) is 4.39 Å². The Labute approximate surface area is 150 Å². The Morgan fingerprint density at radius 3 is 2.81 bits per heavy atom. The van der Waals surface area contributed by atoms with Crippen LogP contribution < -0.4 is 0 Å². The number of rotatable bonds is 3. The van der Waals surface area contributed by atoms with Gasteiger partial charge in [0.1, 0.15) is 11.9 Å². The zero-order chi connectivity index (χ0) is 18.4. The molecule has 3 aromatic rings. The summed E-state index contributed by atoms with van der Waals surface area (Å²) in [6.07, 6.45) is 1.74. The van der Waals surface area contributed by atoms with Crippen molar-refractivity contribution >= 4 is 5.91 Å². The van der Waals surface area contributed by atoms with Crippen LogP contribution in [0.3, 0.4) is 0 Å². The molecule has 0 saturated heterocycles. The normalized spacial score (nSPS) is 16.8. The Balaban J connectivity index is 1.68. The predicted octanol–water partition coefficient (Wildman–Crippen LogP) is 2.23. The third kappa shape index (κ3) is 2.58. The number of fused-ring (bicyclic) bond motifs is 1. The summed E-state index contributed by atoms with van der Waals surface area (Å²) in [7, 11) is 1.86. The number of halogens is 1. The maximum absolute atomic E-state index is 13.4. The molecule has 8 heteroatoms. The number of hydrogen-bond acceptors (Lipinski definition) is 4. The quantitative estimate of drug-likeness (QED) is 0.723. The largest absolute Gasteiger partial charge is 0.329 e. The van der Waals surface area contributed by atoms with Crippen LogP contribution in [0.5, 0.6) is 0 Å². The Hall–Kier alpha value is -3.03. The zero-order valence-electron chi connectivity index (χ0n) is 14.8. The molecule has 1 aliphatic rings. The standard InChI is InChI=1S/C18H19FN6O/c1-11-15(8-20-23(11)3)17-22-21-16-10-24(18(26)12(2)25(16)17)9-13-5-4-6-14(19)7-13/h4-8,12H,9-10H2,1-3H3/t12-/m0/s1. The average molecular weight is 354 g/mol. The van der Waals surface area contributed by atoms with Gasteiger partial charge in [0, 0.05) is 19.3 Å². The van der Waals surface area contributed by atoms with E-state index in [2.05, 4.69) is 15.3 Å².